The lowest BCUT2D eigenvalue weighted by molar-refractivity contribution is -0.0171. The third-order valence-corrected chi connectivity index (χ3v) is 6.60. The Bertz CT molecular complexity index is 1080. The van der Waals surface area contributed by atoms with Crippen molar-refractivity contribution in [2.45, 2.75) is 43.0 Å². The van der Waals surface area contributed by atoms with Crippen molar-refractivity contribution in [1.29, 1.82) is 0 Å². The predicted octanol–water partition coefficient (Wildman–Crippen LogP) is 4.43. The number of thioether (sulfide) groups is 1. The highest BCUT2D eigenvalue weighted by molar-refractivity contribution is 7.98. The van der Waals surface area contributed by atoms with Gasteiger partial charge in [-0.1, -0.05) is 11.8 Å². The Morgan fingerprint density at radius 3 is 2.88 bits per heavy atom. The molecule has 5 rings (SSSR count). The number of fused-ring (bicyclic) bond motifs is 1. The molecule has 0 N–H and O–H groups in total. The SMILES string of the molecule is COc1ccc(-c2nnc(SCc3cc(F)cc4c3OCOC4)n2CC2CCCO2)cc1. The molecule has 9 heteroatoms. The van der Waals surface area contributed by atoms with Gasteiger partial charge < -0.3 is 18.9 Å². The summed E-state index contributed by atoms with van der Waals surface area (Å²) in [6.45, 7) is 1.97. The number of hydrogen-bond donors (Lipinski definition) is 0. The Morgan fingerprint density at radius 1 is 1.22 bits per heavy atom. The second kappa shape index (κ2) is 9.48. The van der Waals surface area contributed by atoms with Crippen LogP contribution in [-0.4, -0.2) is 41.4 Å². The van der Waals surface area contributed by atoms with Crippen LogP contribution in [0.25, 0.3) is 11.4 Å². The van der Waals surface area contributed by atoms with Gasteiger partial charge in [0.2, 0.25) is 0 Å². The first kappa shape index (κ1) is 21.2. The van der Waals surface area contributed by atoms with Gasteiger partial charge in [-0.2, -0.15) is 0 Å². The minimum Gasteiger partial charge on any atom is -0.497 e. The standard InChI is InChI=1S/C23H24FN3O4S/c1-28-19-6-4-15(5-7-19)22-25-26-23(27(22)11-20-3-2-8-30-20)32-13-17-10-18(24)9-16-12-29-14-31-21(16)17/h4-7,9-10,20H,2-3,8,11-14H2,1H3. The van der Waals surface area contributed by atoms with Crippen molar-refractivity contribution in [3.8, 4) is 22.9 Å². The summed E-state index contributed by atoms with van der Waals surface area (Å²) >= 11 is 1.51. The van der Waals surface area contributed by atoms with Crippen LogP contribution < -0.4 is 9.47 Å². The minimum atomic E-state index is -0.298. The van der Waals surface area contributed by atoms with E-state index < -0.39 is 0 Å². The average Bonchev–Trinajstić information content (AvgIpc) is 3.48. The smallest absolute Gasteiger partial charge is 0.191 e. The number of hydrogen-bond acceptors (Lipinski definition) is 7. The van der Waals surface area contributed by atoms with Gasteiger partial charge in [0.05, 0.1) is 26.4 Å². The van der Waals surface area contributed by atoms with Gasteiger partial charge in [0.1, 0.15) is 17.3 Å². The molecule has 0 saturated carbocycles. The zero-order valence-electron chi connectivity index (χ0n) is 17.8. The molecule has 2 aliphatic heterocycles. The fraction of sp³-hybridized carbons (Fsp3) is 0.391. The van der Waals surface area contributed by atoms with E-state index in [1.165, 1.54) is 23.9 Å². The number of aromatic nitrogens is 3. The first-order valence-electron chi connectivity index (χ1n) is 10.5. The molecule has 168 valence electrons. The molecule has 1 fully saturated rings. The quantitative estimate of drug-likeness (QED) is 0.486. The fourth-order valence-corrected chi connectivity index (χ4v) is 4.93. The van der Waals surface area contributed by atoms with Crippen LogP contribution in [0.1, 0.15) is 24.0 Å². The topological polar surface area (TPSA) is 67.6 Å². The van der Waals surface area contributed by atoms with E-state index in [2.05, 4.69) is 14.8 Å². The predicted molar refractivity (Wildman–Crippen MR) is 117 cm³/mol. The molecular weight excluding hydrogens is 433 g/mol. The molecule has 1 aromatic heterocycles. The van der Waals surface area contributed by atoms with Crippen molar-refractivity contribution in [2.75, 3.05) is 20.5 Å². The third-order valence-electron chi connectivity index (χ3n) is 5.58. The zero-order valence-corrected chi connectivity index (χ0v) is 18.6. The van der Waals surface area contributed by atoms with Crippen molar-refractivity contribution in [2.24, 2.45) is 0 Å². The number of rotatable bonds is 7. The van der Waals surface area contributed by atoms with E-state index in [0.717, 1.165) is 52.9 Å². The maximum Gasteiger partial charge on any atom is 0.191 e. The summed E-state index contributed by atoms with van der Waals surface area (Å²) in [7, 11) is 1.64. The molecule has 0 spiro atoms. The summed E-state index contributed by atoms with van der Waals surface area (Å²) in [4.78, 5) is 0. The molecule has 0 amide bonds. The highest BCUT2D eigenvalue weighted by Crippen LogP contribution is 2.35. The first-order chi connectivity index (χ1) is 15.7. The summed E-state index contributed by atoms with van der Waals surface area (Å²) in [5, 5.41) is 9.69. The van der Waals surface area contributed by atoms with Crippen LogP contribution in [0, 0.1) is 5.82 Å². The second-order valence-corrected chi connectivity index (χ2v) is 8.68. The molecule has 2 aliphatic rings. The van der Waals surface area contributed by atoms with Gasteiger partial charge in [0.15, 0.2) is 17.8 Å². The molecule has 0 aliphatic carbocycles. The summed E-state index contributed by atoms with van der Waals surface area (Å²) in [5.74, 6) is 2.47. The highest BCUT2D eigenvalue weighted by atomic mass is 32.2. The Morgan fingerprint density at radius 2 is 2.09 bits per heavy atom. The van der Waals surface area contributed by atoms with Crippen molar-refractivity contribution in [3.05, 3.63) is 53.3 Å². The lowest BCUT2D eigenvalue weighted by atomic mass is 10.1. The number of nitrogens with zero attached hydrogens (tertiary/aromatic N) is 3. The molecule has 7 nitrogen and oxygen atoms in total. The lowest BCUT2D eigenvalue weighted by Crippen LogP contribution is -2.17. The lowest BCUT2D eigenvalue weighted by Gasteiger charge is -2.21. The Labute approximate surface area is 189 Å². The van der Waals surface area contributed by atoms with Crippen molar-refractivity contribution in [1.82, 2.24) is 14.8 Å². The van der Waals surface area contributed by atoms with Gasteiger partial charge in [-0.05, 0) is 49.2 Å². The number of benzene rings is 2. The molecule has 0 radical (unpaired) electrons. The molecule has 1 unspecified atom stereocenters. The van der Waals surface area contributed by atoms with Gasteiger partial charge in [0.25, 0.3) is 0 Å². The molecule has 2 aromatic carbocycles. The van der Waals surface area contributed by atoms with E-state index >= 15 is 0 Å². The van der Waals surface area contributed by atoms with Crippen molar-refractivity contribution in [3.63, 3.8) is 0 Å². The molecule has 3 aromatic rings. The van der Waals surface area contributed by atoms with Crippen LogP contribution >= 0.6 is 11.8 Å². The fourth-order valence-electron chi connectivity index (χ4n) is 4.01. The van der Waals surface area contributed by atoms with Gasteiger partial charge in [-0.15, -0.1) is 10.2 Å². The Kier molecular flexibility index (Phi) is 6.29. The monoisotopic (exact) mass is 457 g/mol. The number of ether oxygens (including phenoxy) is 4. The van der Waals surface area contributed by atoms with Gasteiger partial charge >= 0.3 is 0 Å². The molecule has 1 atom stereocenters. The summed E-state index contributed by atoms with van der Waals surface area (Å²) in [6, 6.07) is 10.7. The first-order valence-corrected chi connectivity index (χ1v) is 11.5. The molecular formula is C23H24FN3O4S. The highest BCUT2D eigenvalue weighted by Gasteiger charge is 2.23. The van der Waals surface area contributed by atoms with Crippen LogP contribution in [0.3, 0.4) is 0 Å². The summed E-state index contributed by atoms with van der Waals surface area (Å²) in [5.41, 5.74) is 2.46. The Hall–Kier alpha value is -2.62. The molecule has 0 bridgehead atoms. The normalized spacial score (nSPS) is 17.8. The van der Waals surface area contributed by atoms with Gasteiger partial charge in [-0.25, -0.2) is 4.39 Å². The van der Waals surface area contributed by atoms with Crippen molar-refractivity contribution < 1.29 is 23.3 Å². The van der Waals surface area contributed by atoms with E-state index in [1.54, 1.807) is 7.11 Å². The summed E-state index contributed by atoms with van der Waals surface area (Å²) < 4.78 is 38.3. The average molecular weight is 458 g/mol. The second-order valence-electron chi connectivity index (χ2n) is 7.73. The van der Waals surface area contributed by atoms with E-state index in [0.29, 0.717) is 24.7 Å². The minimum absolute atomic E-state index is 0.129. The molecule has 1 saturated heterocycles. The molecule has 32 heavy (non-hydrogen) atoms. The van der Waals surface area contributed by atoms with Crippen LogP contribution in [0.4, 0.5) is 4.39 Å². The largest absolute Gasteiger partial charge is 0.497 e. The van der Waals surface area contributed by atoms with Crippen LogP contribution in [0.15, 0.2) is 41.6 Å². The third kappa shape index (κ3) is 4.46. The van der Waals surface area contributed by atoms with E-state index in [4.69, 9.17) is 18.9 Å². The van der Waals surface area contributed by atoms with Gasteiger partial charge in [-0.3, -0.25) is 4.57 Å². The number of methoxy groups -OCH3 is 1. The Balaban J connectivity index is 1.43. The zero-order chi connectivity index (χ0) is 21.9. The van der Waals surface area contributed by atoms with E-state index in [-0.39, 0.29) is 18.7 Å². The van der Waals surface area contributed by atoms with E-state index in [9.17, 15) is 4.39 Å². The molecule has 3 heterocycles. The summed E-state index contributed by atoms with van der Waals surface area (Å²) in [6.07, 6.45) is 2.20. The van der Waals surface area contributed by atoms with Crippen LogP contribution in [0.5, 0.6) is 11.5 Å². The van der Waals surface area contributed by atoms with Crippen molar-refractivity contribution >= 4 is 11.8 Å². The van der Waals surface area contributed by atoms with Crippen LogP contribution in [0.2, 0.25) is 0 Å². The maximum atomic E-state index is 14.1. The maximum absolute atomic E-state index is 14.1. The van der Waals surface area contributed by atoms with E-state index in [1.807, 2.05) is 24.3 Å². The van der Waals surface area contributed by atoms with Gasteiger partial charge in [0, 0.05) is 29.1 Å². The van der Waals surface area contributed by atoms with Crippen LogP contribution in [-0.2, 0) is 28.4 Å². The number of halogens is 1.